The summed E-state index contributed by atoms with van der Waals surface area (Å²) in [6.45, 7) is 0.126. The van der Waals surface area contributed by atoms with Crippen LogP contribution < -0.4 is 11.0 Å². The third kappa shape index (κ3) is 6.17. The Morgan fingerprint density at radius 3 is 2.40 bits per heavy atom. The number of nitrogens with two attached hydrogens (primary N) is 1. The Hall–Kier alpha value is -4.61. The summed E-state index contributed by atoms with van der Waals surface area (Å²) in [5, 5.41) is -0.195. The quantitative estimate of drug-likeness (QED) is 0.123. The van der Waals surface area contributed by atoms with Crippen LogP contribution in [0.15, 0.2) is 89.3 Å². The van der Waals surface area contributed by atoms with Crippen molar-refractivity contribution in [1.82, 2.24) is 9.88 Å². The van der Waals surface area contributed by atoms with Gasteiger partial charge in [0, 0.05) is 29.7 Å². The van der Waals surface area contributed by atoms with E-state index >= 15 is 0 Å². The summed E-state index contributed by atoms with van der Waals surface area (Å²) in [6, 6.07) is 23.7. The van der Waals surface area contributed by atoms with Gasteiger partial charge in [-0.1, -0.05) is 74.0 Å². The second kappa shape index (κ2) is 13.3. The van der Waals surface area contributed by atoms with Gasteiger partial charge < -0.3 is 19.6 Å². The number of unbranched alkanes of at least 4 members (excludes halogenated alkanes) is 1. The van der Waals surface area contributed by atoms with Crippen LogP contribution in [0.3, 0.4) is 0 Å². The molecule has 3 atom stereocenters. The Balaban J connectivity index is 1.45. The van der Waals surface area contributed by atoms with Crippen molar-refractivity contribution in [3.63, 3.8) is 0 Å². The Morgan fingerprint density at radius 1 is 0.940 bits per heavy atom. The van der Waals surface area contributed by atoms with Gasteiger partial charge in [0.2, 0.25) is 11.8 Å². The minimum absolute atomic E-state index is 0.0719. The van der Waals surface area contributed by atoms with Crippen LogP contribution in [0.1, 0.15) is 59.2 Å². The summed E-state index contributed by atoms with van der Waals surface area (Å²) in [4.78, 5) is 34.6. The first-order valence-corrected chi connectivity index (χ1v) is 17.8. The maximum atomic E-state index is 14.9. The first kappa shape index (κ1) is 33.9. The van der Waals surface area contributed by atoms with Crippen molar-refractivity contribution in [3.8, 4) is 22.6 Å². The van der Waals surface area contributed by atoms with Gasteiger partial charge in [-0.05, 0) is 52.9 Å². The van der Waals surface area contributed by atoms with E-state index in [4.69, 9.17) is 19.2 Å². The Kier molecular flexibility index (Phi) is 8.98. The van der Waals surface area contributed by atoms with E-state index in [2.05, 4.69) is 4.98 Å². The number of nitrogens with zero attached hydrogens (tertiary/aromatic N) is 2. The molecular formula is C37H33F3N3O6P. The molecular weight excluding hydrogens is 670 g/mol. The Morgan fingerprint density at radius 2 is 1.66 bits per heavy atom. The molecule has 3 unspecified atom stereocenters. The number of amides is 1. The highest BCUT2D eigenvalue weighted by Gasteiger charge is 2.48. The van der Waals surface area contributed by atoms with Gasteiger partial charge in [0.25, 0.3) is 0 Å². The van der Waals surface area contributed by atoms with E-state index in [1.54, 1.807) is 72.8 Å². The molecule has 7 rings (SSSR count). The number of carbonyl (C=O) groups excluding carboxylic acids is 2. The highest BCUT2D eigenvalue weighted by Crippen LogP contribution is 2.57. The molecule has 1 aliphatic carbocycles. The average Bonchev–Trinajstić information content (AvgIpc) is 3.68. The van der Waals surface area contributed by atoms with Gasteiger partial charge in [-0.25, -0.2) is 4.98 Å². The number of oxazole rings is 1. The topological polar surface area (TPSA) is 125 Å². The largest absolute Gasteiger partial charge is 0.436 e. The SMILES string of the molecule is CCCCN(CC(F)(F)F)C(=O)C1c2ccccc2-c2ccc(C(=O)c3ccccc3-c3nc4ccccc4o3)c(P3(=O)OCCC(N)O3)c21. The summed E-state index contributed by atoms with van der Waals surface area (Å²) >= 11 is 0. The molecule has 13 heteroatoms. The number of fused-ring (bicyclic) bond motifs is 4. The molecule has 0 spiro atoms. The molecule has 2 N–H and O–H groups in total. The molecule has 2 aliphatic rings. The molecule has 0 bridgehead atoms. The van der Waals surface area contributed by atoms with Crippen molar-refractivity contribution in [2.24, 2.45) is 5.73 Å². The number of carbonyl (C=O) groups is 2. The number of hydrogen-bond acceptors (Lipinski definition) is 8. The minimum atomic E-state index is -4.67. The number of alkyl halides is 3. The summed E-state index contributed by atoms with van der Waals surface area (Å²) in [6.07, 6.45) is -4.60. The second-order valence-corrected chi connectivity index (χ2v) is 14.2. The molecule has 1 saturated heterocycles. The molecule has 0 radical (unpaired) electrons. The van der Waals surface area contributed by atoms with E-state index in [0.29, 0.717) is 46.2 Å². The smallest absolute Gasteiger partial charge is 0.406 e. The van der Waals surface area contributed by atoms with Gasteiger partial charge in [-0.15, -0.1) is 0 Å². The van der Waals surface area contributed by atoms with Crippen LogP contribution in [0.25, 0.3) is 33.7 Å². The zero-order chi connectivity index (χ0) is 35.2. The van der Waals surface area contributed by atoms with Gasteiger partial charge in [0.15, 0.2) is 11.4 Å². The molecule has 0 saturated carbocycles. The lowest BCUT2D eigenvalue weighted by Crippen LogP contribution is -2.43. The van der Waals surface area contributed by atoms with Crippen LogP contribution >= 0.6 is 7.60 Å². The summed E-state index contributed by atoms with van der Waals surface area (Å²) in [5.41, 5.74) is 9.13. The zero-order valence-electron chi connectivity index (χ0n) is 27.0. The number of rotatable bonds is 9. The fraction of sp³-hybridized carbons (Fsp3) is 0.270. The summed E-state index contributed by atoms with van der Waals surface area (Å²) in [7, 11) is -4.46. The second-order valence-electron chi connectivity index (χ2n) is 12.3. The van der Waals surface area contributed by atoms with Crippen molar-refractivity contribution in [2.75, 3.05) is 19.7 Å². The normalized spacial score (nSPS) is 20.0. The standard InChI is InChI=1S/C37H33F3N3O6P/c1-2-3-19-43(21-37(38,39)40)36(45)32-23-11-5-4-10-22(23)24-16-17-27(34(31(24)32)50(46)47-20-18-30(41)49-50)33(44)25-12-6-7-13-26(25)35-42-28-14-8-9-15-29(28)48-35/h4-17,30,32H,2-3,18-21,41H2,1H3. The van der Waals surface area contributed by atoms with Crippen molar-refractivity contribution >= 4 is 35.7 Å². The molecule has 1 fully saturated rings. The van der Waals surface area contributed by atoms with E-state index in [9.17, 15) is 27.3 Å². The first-order chi connectivity index (χ1) is 24.0. The Labute approximate surface area is 285 Å². The van der Waals surface area contributed by atoms with Crippen LogP contribution in [0.5, 0.6) is 0 Å². The number of aromatic nitrogens is 1. The summed E-state index contributed by atoms with van der Waals surface area (Å²) in [5.74, 6) is -2.61. The highest BCUT2D eigenvalue weighted by atomic mass is 31.2. The lowest BCUT2D eigenvalue weighted by atomic mass is 9.91. The predicted molar refractivity (Wildman–Crippen MR) is 181 cm³/mol. The van der Waals surface area contributed by atoms with Gasteiger partial charge in [0.1, 0.15) is 18.3 Å². The first-order valence-electron chi connectivity index (χ1n) is 16.3. The summed E-state index contributed by atoms with van der Waals surface area (Å²) < 4.78 is 74.3. The van der Waals surface area contributed by atoms with Gasteiger partial charge in [-0.2, -0.15) is 13.2 Å². The van der Waals surface area contributed by atoms with E-state index < -0.39 is 44.2 Å². The third-order valence-electron chi connectivity index (χ3n) is 8.93. The highest BCUT2D eigenvalue weighted by molar-refractivity contribution is 7.62. The molecule has 1 aromatic heterocycles. The Bertz CT molecular complexity index is 2130. The maximum absolute atomic E-state index is 14.9. The maximum Gasteiger partial charge on any atom is 0.406 e. The fourth-order valence-corrected chi connectivity index (χ4v) is 8.82. The molecule has 1 aliphatic heterocycles. The van der Waals surface area contributed by atoms with Gasteiger partial charge in [0.05, 0.1) is 17.8 Å². The van der Waals surface area contributed by atoms with E-state index in [1.807, 2.05) is 13.0 Å². The number of benzene rings is 4. The molecule has 2 heterocycles. The lowest BCUT2D eigenvalue weighted by molar-refractivity contribution is -0.161. The molecule has 9 nitrogen and oxygen atoms in total. The predicted octanol–water partition coefficient (Wildman–Crippen LogP) is 7.57. The van der Waals surface area contributed by atoms with Crippen molar-refractivity contribution in [1.29, 1.82) is 0 Å². The van der Waals surface area contributed by atoms with Crippen LogP contribution in [-0.2, 0) is 18.4 Å². The van der Waals surface area contributed by atoms with E-state index in [-0.39, 0.29) is 47.5 Å². The monoisotopic (exact) mass is 703 g/mol. The average molecular weight is 704 g/mol. The molecule has 1 amide bonds. The van der Waals surface area contributed by atoms with Gasteiger partial charge in [-0.3, -0.25) is 18.7 Å². The molecule has 258 valence electrons. The molecule has 5 aromatic rings. The number of para-hydroxylation sites is 2. The van der Waals surface area contributed by atoms with Crippen LogP contribution in [0.2, 0.25) is 0 Å². The number of halogens is 3. The van der Waals surface area contributed by atoms with Crippen molar-refractivity contribution in [2.45, 2.75) is 44.5 Å². The third-order valence-corrected chi connectivity index (χ3v) is 11.0. The molecule has 50 heavy (non-hydrogen) atoms. The lowest BCUT2D eigenvalue weighted by Gasteiger charge is -2.32. The van der Waals surface area contributed by atoms with E-state index in [0.717, 1.165) is 4.90 Å². The zero-order valence-corrected chi connectivity index (χ0v) is 27.9. The number of ketones is 1. The molecule has 4 aromatic carbocycles. The van der Waals surface area contributed by atoms with Crippen molar-refractivity contribution in [3.05, 3.63) is 107 Å². The van der Waals surface area contributed by atoms with Crippen LogP contribution in [-0.4, -0.2) is 53.7 Å². The van der Waals surface area contributed by atoms with Crippen molar-refractivity contribution < 1.29 is 40.8 Å². The van der Waals surface area contributed by atoms with Crippen LogP contribution in [0, 0.1) is 0 Å². The number of hydrogen-bond donors (Lipinski definition) is 1. The van der Waals surface area contributed by atoms with Crippen LogP contribution in [0.4, 0.5) is 13.2 Å². The van der Waals surface area contributed by atoms with E-state index in [1.165, 1.54) is 6.07 Å². The van der Waals surface area contributed by atoms with Gasteiger partial charge >= 0.3 is 13.8 Å². The fourth-order valence-electron chi connectivity index (χ4n) is 6.70. The minimum Gasteiger partial charge on any atom is -0.436 e.